The van der Waals surface area contributed by atoms with Gasteiger partial charge >= 0.3 is 6.18 Å². The number of aliphatic imine (C=N–C) groups is 1. The highest BCUT2D eigenvalue weighted by Gasteiger charge is 2.55. The van der Waals surface area contributed by atoms with E-state index < -0.39 is 40.8 Å². The number of anilines is 1. The molecular weight excluding hydrogens is 569 g/mol. The average molecular weight is 586 g/mol. The summed E-state index contributed by atoms with van der Waals surface area (Å²) < 4.78 is 73.4. The fourth-order valence-electron chi connectivity index (χ4n) is 6.02. The summed E-state index contributed by atoms with van der Waals surface area (Å²) in [5, 5.41) is 11.7. The van der Waals surface area contributed by atoms with Crippen molar-refractivity contribution in [2.75, 3.05) is 5.73 Å². The molecule has 208 valence electrons. The summed E-state index contributed by atoms with van der Waals surface area (Å²) in [5.74, 6) is -2.79. The Kier molecular flexibility index (Phi) is 5.49. The molecule has 0 bridgehead atoms. The first-order valence-corrected chi connectivity index (χ1v) is 12.8. The maximum Gasteiger partial charge on any atom is 0.421 e. The van der Waals surface area contributed by atoms with Gasteiger partial charge in [-0.15, -0.1) is 5.10 Å². The van der Waals surface area contributed by atoms with Crippen molar-refractivity contribution in [2.45, 2.75) is 31.0 Å². The summed E-state index contributed by atoms with van der Waals surface area (Å²) in [6, 6.07) is 9.69. The lowest BCUT2D eigenvalue weighted by molar-refractivity contribution is -0.139. The number of pyridine rings is 1. The van der Waals surface area contributed by atoms with Crippen LogP contribution in [-0.4, -0.2) is 30.5 Å². The second-order valence-corrected chi connectivity index (χ2v) is 10.6. The third-order valence-corrected chi connectivity index (χ3v) is 8.07. The Labute approximate surface area is 232 Å². The Morgan fingerprint density at radius 3 is 2.59 bits per heavy atom. The smallest absolute Gasteiger partial charge is 0.398 e. The third kappa shape index (κ3) is 3.97. The van der Waals surface area contributed by atoms with E-state index in [2.05, 4.69) is 20.5 Å². The minimum absolute atomic E-state index is 0.00299. The van der Waals surface area contributed by atoms with E-state index in [1.807, 2.05) is 6.07 Å². The summed E-state index contributed by atoms with van der Waals surface area (Å²) in [4.78, 5) is 17.5. The standard InChI is InChI=1S/C27H17ClF5N7O/c28-12-1-4-20(39-10-35-37-38-39)14(7-12)11-5-21-15-8-16(15)25(40(21)22(41)6-11)19-9-17(26(30)36-19)13-2-3-18(34)23(24(13)29)27(31,32)33/h1-7,10,15-16,25H,8-9,34H2/t15-,16+,25+/m1/s1. The number of nitrogens with zero attached hydrogens (tertiary/aromatic N) is 6. The molecule has 2 aromatic heterocycles. The van der Waals surface area contributed by atoms with E-state index in [0.29, 0.717) is 28.3 Å². The quantitative estimate of drug-likeness (QED) is 0.187. The minimum atomic E-state index is -5.06. The lowest BCUT2D eigenvalue weighted by Crippen LogP contribution is -2.29. The van der Waals surface area contributed by atoms with Gasteiger partial charge in [0.1, 0.15) is 17.7 Å². The van der Waals surface area contributed by atoms with Crippen molar-refractivity contribution in [1.82, 2.24) is 24.8 Å². The van der Waals surface area contributed by atoms with Gasteiger partial charge in [-0.1, -0.05) is 11.6 Å². The molecule has 2 aliphatic heterocycles. The number of hydrogen-bond acceptors (Lipinski definition) is 6. The van der Waals surface area contributed by atoms with Crippen molar-refractivity contribution in [3.05, 3.63) is 92.8 Å². The number of alkyl halides is 3. The van der Waals surface area contributed by atoms with E-state index in [0.717, 1.165) is 17.8 Å². The molecular formula is C27H17ClF5N7O. The predicted octanol–water partition coefficient (Wildman–Crippen LogP) is 5.73. The summed E-state index contributed by atoms with van der Waals surface area (Å²) in [6.07, 6.45) is -3.18. The number of allylic oxidation sites excluding steroid dienone is 1. The Bertz CT molecular complexity index is 1880. The lowest BCUT2D eigenvalue weighted by Gasteiger charge is -2.20. The van der Waals surface area contributed by atoms with Gasteiger partial charge in [0.2, 0.25) is 5.95 Å². The van der Waals surface area contributed by atoms with Crippen LogP contribution in [0.3, 0.4) is 0 Å². The number of fused-ring (bicyclic) bond motifs is 3. The maximum absolute atomic E-state index is 15.1. The summed E-state index contributed by atoms with van der Waals surface area (Å²) >= 11 is 6.27. The fourth-order valence-corrected chi connectivity index (χ4v) is 6.19. The van der Waals surface area contributed by atoms with E-state index in [4.69, 9.17) is 17.3 Å². The molecule has 0 unspecified atom stereocenters. The molecule has 1 aliphatic carbocycles. The van der Waals surface area contributed by atoms with Crippen molar-refractivity contribution >= 4 is 28.6 Å². The number of aromatic nitrogens is 5. The molecule has 14 heteroatoms. The first-order chi connectivity index (χ1) is 19.5. The van der Waals surface area contributed by atoms with Crippen LogP contribution in [0, 0.1) is 11.7 Å². The molecule has 4 heterocycles. The second-order valence-electron chi connectivity index (χ2n) is 10.2. The van der Waals surface area contributed by atoms with Gasteiger partial charge in [0.15, 0.2) is 0 Å². The molecule has 2 N–H and O–H groups in total. The van der Waals surface area contributed by atoms with Gasteiger partial charge in [0.05, 0.1) is 11.7 Å². The Morgan fingerprint density at radius 2 is 1.85 bits per heavy atom. The van der Waals surface area contributed by atoms with Crippen LogP contribution in [0.2, 0.25) is 5.02 Å². The molecule has 2 aromatic carbocycles. The fraction of sp³-hybridized carbons (Fsp3) is 0.222. The molecule has 0 saturated heterocycles. The monoisotopic (exact) mass is 585 g/mol. The summed E-state index contributed by atoms with van der Waals surface area (Å²) in [6.45, 7) is 0. The van der Waals surface area contributed by atoms with Gasteiger partial charge in [0.25, 0.3) is 5.56 Å². The van der Waals surface area contributed by atoms with Crippen molar-refractivity contribution in [2.24, 2.45) is 10.9 Å². The zero-order chi connectivity index (χ0) is 28.8. The van der Waals surface area contributed by atoms with Gasteiger partial charge in [-0.25, -0.2) is 9.38 Å². The van der Waals surface area contributed by atoms with Crippen molar-refractivity contribution in [3.8, 4) is 16.8 Å². The first-order valence-electron chi connectivity index (χ1n) is 12.4. The molecule has 0 spiro atoms. The van der Waals surface area contributed by atoms with E-state index >= 15 is 4.39 Å². The Balaban J connectivity index is 1.25. The molecule has 1 saturated carbocycles. The number of benzene rings is 2. The number of nitrogen functional groups attached to an aromatic ring is 1. The van der Waals surface area contributed by atoms with Crippen LogP contribution in [-0.2, 0) is 6.18 Å². The number of halogens is 6. The second kappa shape index (κ2) is 8.80. The highest BCUT2D eigenvalue weighted by Crippen LogP contribution is 2.60. The van der Waals surface area contributed by atoms with Gasteiger partial charge in [-0.2, -0.15) is 22.2 Å². The highest BCUT2D eigenvalue weighted by molar-refractivity contribution is 6.31. The zero-order valence-corrected chi connectivity index (χ0v) is 21.5. The van der Waals surface area contributed by atoms with Crippen LogP contribution in [0.5, 0.6) is 0 Å². The molecule has 4 aromatic rings. The molecule has 3 atom stereocenters. The molecule has 0 amide bonds. The van der Waals surface area contributed by atoms with Crippen LogP contribution in [0.15, 0.2) is 64.5 Å². The molecule has 3 aliphatic rings. The molecule has 8 nitrogen and oxygen atoms in total. The van der Waals surface area contributed by atoms with Gasteiger partial charge in [-0.3, -0.25) is 4.79 Å². The van der Waals surface area contributed by atoms with Gasteiger partial charge < -0.3 is 10.3 Å². The number of rotatable bonds is 4. The van der Waals surface area contributed by atoms with E-state index in [1.54, 1.807) is 22.8 Å². The lowest BCUT2D eigenvalue weighted by atomic mass is 9.95. The average Bonchev–Trinajstić information content (AvgIpc) is 3.21. The van der Waals surface area contributed by atoms with Crippen molar-refractivity contribution in [3.63, 3.8) is 0 Å². The normalized spacial score (nSPS) is 21.2. The summed E-state index contributed by atoms with van der Waals surface area (Å²) in [7, 11) is 0. The van der Waals surface area contributed by atoms with E-state index in [1.165, 1.54) is 17.1 Å². The van der Waals surface area contributed by atoms with Crippen LogP contribution in [0.4, 0.5) is 27.6 Å². The molecule has 41 heavy (non-hydrogen) atoms. The topological polar surface area (TPSA) is 104 Å². The van der Waals surface area contributed by atoms with E-state index in [-0.39, 0.29) is 35.1 Å². The molecule has 7 rings (SSSR count). The molecule has 0 radical (unpaired) electrons. The predicted molar refractivity (Wildman–Crippen MR) is 140 cm³/mol. The maximum atomic E-state index is 15.1. The number of tetrazole rings is 1. The van der Waals surface area contributed by atoms with Crippen LogP contribution in [0.25, 0.3) is 22.4 Å². The van der Waals surface area contributed by atoms with Gasteiger partial charge in [0, 0.05) is 57.2 Å². The van der Waals surface area contributed by atoms with Crippen LogP contribution < -0.4 is 11.3 Å². The first kappa shape index (κ1) is 25.6. The van der Waals surface area contributed by atoms with Crippen LogP contribution >= 0.6 is 11.6 Å². The van der Waals surface area contributed by atoms with E-state index in [9.17, 15) is 22.4 Å². The van der Waals surface area contributed by atoms with Crippen molar-refractivity contribution < 1.29 is 22.0 Å². The van der Waals surface area contributed by atoms with Crippen molar-refractivity contribution in [1.29, 1.82) is 0 Å². The Hall–Kier alpha value is -4.39. The van der Waals surface area contributed by atoms with Gasteiger partial charge in [-0.05, 0) is 64.7 Å². The Morgan fingerprint density at radius 1 is 1.05 bits per heavy atom. The minimum Gasteiger partial charge on any atom is -0.398 e. The van der Waals surface area contributed by atoms with Crippen LogP contribution in [0.1, 0.15) is 41.6 Å². The zero-order valence-electron chi connectivity index (χ0n) is 20.7. The number of hydrogen-bond donors (Lipinski definition) is 1. The SMILES string of the molecule is Nc1ccc(C2=C(F)N=C([C@@H]3[C@H]4C[C@H]4c4cc(-c5cc(Cl)ccc5-n5cnnn5)cc(=O)n43)C2)c(F)c1C(F)(F)F. The molecule has 1 fully saturated rings. The summed E-state index contributed by atoms with van der Waals surface area (Å²) in [5.41, 5.74) is 4.46. The highest BCUT2D eigenvalue weighted by atomic mass is 35.5. The number of nitrogens with two attached hydrogens (primary N) is 1. The largest absolute Gasteiger partial charge is 0.421 e. The third-order valence-electron chi connectivity index (χ3n) is 7.84.